The largest absolute Gasteiger partial charge is 0.480 e. The number of hydrogen-bond acceptors (Lipinski definition) is 3. The molecule has 1 fully saturated rings. The van der Waals surface area contributed by atoms with Gasteiger partial charge in [0.15, 0.2) is 0 Å². The molecule has 16 heavy (non-hydrogen) atoms. The summed E-state index contributed by atoms with van der Waals surface area (Å²) in [6.45, 7) is 3.83. The van der Waals surface area contributed by atoms with Crippen LogP contribution in [0.3, 0.4) is 0 Å². The molecule has 1 saturated carbocycles. The standard InChI is InChI=1S/C10H17NO4S/c1-3-11(8-4-5-8)9(12)6-16(15)7(2)10(13)14/h7-8H,3-6H2,1-2H3,(H,13,14). The quantitative estimate of drug-likeness (QED) is 0.728. The lowest BCUT2D eigenvalue weighted by molar-refractivity contribution is -0.136. The van der Waals surface area contributed by atoms with Crippen molar-refractivity contribution in [2.45, 2.75) is 38.0 Å². The first-order valence-electron chi connectivity index (χ1n) is 5.36. The van der Waals surface area contributed by atoms with Crippen molar-refractivity contribution in [3.63, 3.8) is 0 Å². The van der Waals surface area contributed by atoms with Gasteiger partial charge in [-0.15, -0.1) is 0 Å². The molecule has 1 rings (SSSR count). The van der Waals surface area contributed by atoms with E-state index in [2.05, 4.69) is 0 Å². The molecule has 6 heteroatoms. The van der Waals surface area contributed by atoms with E-state index in [9.17, 15) is 13.8 Å². The molecule has 1 amide bonds. The van der Waals surface area contributed by atoms with E-state index >= 15 is 0 Å². The van der Waals surface area contributed by atoms with E-state index in [0.717, 1.165) is 12.8 Å². The van der Waals surface area contributed by atoms with Crippen molar-refractivity contribution < 1.29 is 18.9 Å². The summed E-state index contributed by atoms with van der Waals surface area (Å²) in [7, 11) is -1.63. The zero-order chi connectivity index (χ0) is 12.3. The van der Waals surface area contributed by atoms with Crippen molar-refractivity contribution in [1.29, 1.82) is 0 Å². The van der Waals surface area contributed by atoms with Gasteiger partial charge in [-0.1, -0.05) is 0 Å². The number of amides is 1. The summed E-state index contributed by atoms with van der Waals surface area (Å²) in [4.78, 5) is 24.0. The lowest BCUT2D eigenvalue weighted by Gasteiger charge is -2.20. The topological polar surface area (TPSA) is 74.7 Å². The Balaban J connectivity index is 2.49. The Morgan fingerprint density at radius 1 is 1.50 bits per heavy atom. The molecular weight excluding hydrogens is 230 g/mol. The first kappa shape index (κ1) is 13.2. The molecule has 0 bridgehead atoms. The van der Waals surface area contributed by atoms with Gasteiger partial charge in [0, 0.05) is 23.4 Å². The molecule has 1 N–H and O–H groups in total. The van der Waals surface area contributed by atoms with Crippen molar-refractivity contribution in [2.75, 3.05) is 12.3 Å². The fraction of sp³-hybridized carbons (Fsp3) is 0.800. The Bertz CT molecular complexity index is 314. The predicted octanol–water partition coefficient (Wildman–Crippen LogP) is 0.219. The van der Waals surface area contributed by atoms with Gasteiger partial charge in [0.25, 0.3) is 0 Å². The van der Waals surface area contributed by atoms with Crippen molar-refractivity contribution in [3.05, 3.63) is 0 Å². The normalized spacial score (nSPS) is 18.9. The van der Waals surface area contributed by atoms with Gasteiger partial charge in [0.2, 0.25) is 5.91 Å². The average molecular weight is 247 g/mol. The van der Waals surface area contributed by atoms with Crippen LogP contribution in [0.1, 0.15) is 26.7 Å². The summed E-state index contributed by atoms with van der Waals surface area (Å²) in [5.41, 5.74) is 0. The highest BCUT2D eigenvalue weighted by atomic mass is 32.2. The maximum absolute atomic E-state index is 11.7. The number of carbonyl (C=O) groups is 2. The van der Waals surface area contributed by atoms with E-state index in [-0.39, 0.29) is 17.7 Å². The third-order valence-corrected chi connectivity index (χ3v) is 4.18. The zero-order valence-corrected chi connectivity index (χ0v) is 10.3. The third kappa shape index (κ3) is 3.30. The monoisotopic (exact) mass is 247 g/mol. The van der Waals surface area contributed by atoms with Gasteiger partial charge in [-0.25, -0.2) is 0 Å². The summed E-state index contributed by atoms with van der Waals surface area (Å²) >= 11 is 0. The fourth-order valence-electron chi connectivity index (χ4n) is 1.47. The lowest BCUT2D eigenvalue weighted by atomic mass is 10.4. The van der Waals surface area contributed by atoms with E-state index < -0.39 is 22.0 Å². The molecule has 0 aromatic rings. The molecule has 0 aliphatic heterocycles. The number of rotatable bonds is 6. The van der Waals surface area contributed by atoms with E-state index in [1.54, 1.807) is 4.90 Å². The lowest BCUT2D eigenvalue weighted by Crippen LogP contribution is -2.38. The van der Waals surface area contributed by atoms with Crippen molar-refractivity contribution in [1.82, 2.24) is 4.90 Å². The Morgan fingerprint density at radius 2 is 2.06 bits per heavy atom. The van der Waals surface area contributed by atoms with Crippen LogP contribution in [0.4, 0.5) is 0 Å². The van der Waals surface area contributed by atoms with Crippen LogP contribution in [0, 0.1) is 0 Å². The highest BCUT2D eigenvalue weighted by Gasteiger charge is 2.33. The van der Waals surface area contributed by atoms with Gasteiger partial charge in [-0.3, -0.25) is 13.8 Å². The second kappa shape index (κ2) is 5.43. The predicted molar refractivity (Wildman–Crippen MR) is 60.5 cm³/mol. The van der Waals surface area contributed by atoms with Gasteiger partial charge < -0.3 is 10.0 Å². The average Bonchev–Trinajstić information content (AvgIpc) is 3.01. The molecule has 0 aromatic heterocycles. The summed E-state index contributed by atoms with van der Waals surface area (Å²) in [6.07, 6.45) is 2.00. The SMILES string of the molecule is CCN(C(=O)CS(=O)C(C)C(=O)O)C1CC1. The Hall–Kier alpha value is -0.910. The number of carboxylic acid groups (broad SMARTS) is 1. The summed E-state index contributed by atoms with van der Waals surface area (Å²) < 4.78 is 11.5. The summed E-state index contributed by atoms with van der Waals surface area (Å²) in [5.74, 6) is -1.50. The maximum Gasteiger partial charge on any atom is 0.318 e. The number of aliphatic carboxylic acids is 1. The molecule has 0 heterocycles. The molecule has 1 aliphatic carbocycles. The Kier molecular flexibility index (Phi) is 4.46. The van der Waals surface area contributed by atoms with E-state index in [0.29, 0.717) is 6.54 Å². The molecule has 92 valence electrons. The van der Waals surface area contributed by atoms with Crippen LogP contribution in [0.25, 0.3) is 0 Å². The van der Waals surface area contributed by atoms with Gasteiger partial charge in [0.1, 0.15) is 11.0 Å². The van der Waals surface area contributed by atoms with E-state index in [1.807, 2.05) is 6.92 Å². The first-order chi connectivity index (χ1) is 7.47. The number of carboxylic acids is 1. The van der Waals surface area contributed by atoms with Gasteiger partial charge >= 0.3 is 5.97 Å². The van der Waals surface area contributed by atoms with Gasteiger partial charge in [0.05, 0.1) is 0 Å². The molecule has 0 radical (unpaired) electrons. The fourth-order valence-corrected chi connectivity index (χ4v) is 2.35. The van der Waals surface area contributed by atoms with Crippen LogP contribution in [0.15, 0.2) is 0 Å². The molecular formula is C10H17NO4S. The Labute approximate surface area is 97.3 Å². The number of carbonyl (C=O) groups excluding carboxylic acids is 1. The minimum Gasteiger partial charge on any atom is -0.480 e. The van der Waals surface area contributed by atoms with E-state index in [4.69, 9.17) is 5.11 Å². The molecule has 2 unspecified atom stereocenters. The molecule has 0 saturated heterocycles. The second-order valence-corrected chi connectivity index (χ2v) is 5.67. The van der Waals surface area contributed by atoms with Crippen LogP contribution in [0.2, 0.25) is 0 Å². The number of nitrogens with zero attached hydrogens (tertiary/aromatic N) is 1. The summed E-state index contributed by atoms with van der Waals surface area (Å²) in [6, 6.07) is 0.287. The van der Waals surface area contributed by atoms with Crippen LogP contribution in [-0.4, -0.2) is 49.7 Å². The van der Waals surface area contributed by atoms with Crippen LogP contribution < -0.4 is 0 Å². The van der Waals surface area contributed by atoms with E-state index in [1.165, 1.54) is 6.92 Å². The van der Waals surface area contributed by atoms with Crippen molar-refractivity contribution in [3.8, 4) is 0 Å². The third-order valence-electron chi connectivity index (χ3n) is 2.66. The van der Waals surface area contributed by atoms with Crippen LogP contribution in [-0.2, 0) is 20.4 Å². The van der Waals surface area contributed by atoms with Crippen molar-refractivity contribution in [2.24, 2.45) is 0 Å². The smallest absolute Gasteiger partial charge is 0.318 e. The highest BCUT2D eigenvalue weighted by molar-refractivity contribution is 7.87. The number of hydrogen-bond donors (Lipinski definition) is 1. The maximum atomic E-state index is 11.7. The van der Waals surface area contributed by atoms with Crippen molar-refractivity contribution >= 4 is 22.7 Å². The highest BCUT2D eigenvalue weighted by Crippen LogP contribution is 2.26. The molecule has 2 atom stereocenters. The summed E-state index contributed by atoms with van der Waals surface area (Å²) in [5, 5.41) is 7.68. The zero-order valence-electron chi connectivity index (χ0n) is 9.51. The second-order valence-electron chi connectivity index (χ2n) is 3.92. The molecule has 0 aromatic carbocycles. The molecule has 1 aliphatic rings. The van der Waals surface area contributed by atoms with Gasteiger partial charge in [-0.2, -0.15) is 0 Å². The molecule has 0 spiro atoms. The Morgan fingerprint density at radius 3 is 2.44 bits per heavy atom. The molecule has 5 nitrogen and oxygen atoms in total. The van der Waals surface area contributed by atoms with Crippen LogP contribution in [0.5, 0.6) is 0 Å². The van der Waals surface area contributed by atoms with Crippen LogP contribution >= 0.6 is 0 Å². The first-order valence-corrected chi connectivity index (χ1v) is 6.75. The minimum absolute atomic E-state index is 0.183. The minimum atomic E-state index is -1.63. The van der Waals surface area contributed by atoms with Gasteiger partial charge in [-0.05, 0) is 26.7 Å².